The number of aromatic nitrogens is 5. The Kier molecular flexibility index (Phi) is 3.39. The van der Waals surface area contributed by atoms with Gasteiger partial charge in [0.2, 0.25) is 0 Å². The molecule has 0 saturated heterocycles. The van der Waals surface area contributed by atoms with Gasteiger partial charge in [0, 0.05) is 24.6 Å². The highest BCUT2D eigenvalue weighted by atomic mass is 15.3. The topological polar surface area (TPSA) is 68.0 Å². The Morgan fingerprint density at radius 1 is 1.20 bits per heavy atom. The average Bonchev–Trinajstić information content (AvgIpc) is 2.88. The summed E-state index contributed by atoms with van der Waals surface area (Å²) >= 11 is 0. The van der Waals surface area contributed by atoms with Gasteiger partial charge in [-0.3, -0.25) is 14.4 Å². The second-order valence-electron chi connectivity index (χ2n) is 4.67. The van der Waals surface area contributed by atoms with Crippen molar-refractivity contribution in [3.05, 3.63) is 54.0 Å². The van der Waals surface area contributed by atoms with Crippen molar-refractivity contribution in [2.24, 2.45) is 0 Å². The number of hydrogen-bond donors (Lipinski definition) is 1. The molecule has 3 heterocycles. The summed E-state index contributed by atoms with van der Waals surface area (Å²) in [6, 6.07) is 5.97. The van der Waals surface area contributed by atoms with Crippen LogP contribution in [0.25, 0.3) is 5.65 Å². The van der Waals surface area contributed by atoms with E-state index in [0.29, 0.717) is 6.54 Å². The van der Waals surface area contributed by atoms with Crippen molar-refractivity contribution in [1.29, 1.82) is 0 Å². The lowest BCUT2D eigenvalue weighted by Gasteiger charge is -2.13. The Labute approximate surface area is 116 Å². The second kappa shape index (κ2) is 5.34. The van der Waals surface area contributed by atoms with Gasteiger partial charge in [-0.2, -0.15) is 0 Å². The van der Waals surface area contributed by atoms with Crippen LogP contribution >= 0.6 is 0 Å². The van der Waals surface area contributed by atoms with Crippen molar-refractivity contribution >= 4 is 5.65 Å². The van der Waals surface area contributed by atoms with E-state index in [2.05, 4.69) is 32.4 Å². The van der Waals surface area contributed by atoms with Crippen molar-refractivity contribution in [2.75, 3.05) is 0 Å². The number of aryl methyl sites for hydroxylation is 1. The molecule has 0 amide bonds. The Balaban J connectivity index is 1.75. The molecule has 102 valence electrons. The maximum atomic E-state index is 4.37. The molecular formula is C14H16N6. The van der Waals surface area contributed by atoms with E-state index in [1.165, 1.54) is 0 Å². The van der Waals surface area contributed by atoms with Crippen LogP contribution in [0.1, 0.15) is 30.2 Å². The SMILES string of the molecule is Cc1nccnc1C(C)NCc1nnc2ccccn12. The normalized spacial score (nSPS) is 12.7. The van der Waals surface area contributed by atoms with Crippen LogP contribution in [-0.4, -0.2) is 24.6 Å². The minimum Gasteiger partial charge on any atom is -0.302 e. The van der Waals surface area contributed by atoms with Crippen molar-refractivity contribution < 1.29 is 0 Å². The van der Waals surface area contributed by atoms with Crippen LogP contribution in [0.15, 0.2) is 36.8 Å². The molecule has 0 fully saturated rings. The maximum absolute atomic E-state index is 4.37. The Morgan fingerprint density at radius 2 is 2.05 bits per heavy atom. The molecule has 1 N–H and O–H groups in total. The first-order valence-electron chi connectivity index (χ1n) is 6.55. The molecule has 1 atom stereocenters. The zero-order valence-corrected chi connectivity index (χ0v) is 11.5. The van der Waals surface area contributed by atoms with Crippen molar-refractivity contribution in [3.8, 4) is 0 Å². The van der Waals surface area contributed by atoms with Crippen molar-refractivity contribution in [3.63, 3.8) is 0 Å². The summed E-state index contributed by atoms with van der Waals surface area (Å²) in [7, 11) is 0. The van der Waals surface area contributed by atoms with E-state index in [4.69, 9.17) is 0 Å². The highest BCUT2D eigenvalue weighted by Gasteiger charge is 2.11. The second-order valence-corrected chi connectivity index (χ2v) is 4.67. The summed E-state index contributed by atoms with van der Waals surface area (Å²) in [6.45, 7) is 4.66. The lowest BCUT2D eigenvalue weighted by atomic mass is 10.2. The average molecular weight is 268 g/mol. The van der Waals surface area contributed by atoms with Crippen LogP contribution in [0.3, 0.4) is 0 Å². The van der Waals surface area contributed by atoms with Crippen molar-refractivity contribution in [1.82, 2.24) is 29.9 Å². The molecule has 0 saturated carbocycles. The third-order valence-corrected chi connectivity index (χ3v) is 3.28. The lowest BCUT2D eigenvalue weighted by Crippen LogP contribution is -2.21. The first-order valence-corrected chi connectivity index (χ1v) is 6.55. The van der Waals surface area contributed by atoms with Gasteiger partial charge >= 0.3 is 0 Å². The minimum atomic E-state index is 0.111. The third-order valence-electron chi connectivity index (χ3n) is 3.28. The van der Waals surface area contributed by atoms with E-state index in [9.17, 15) is 0 Å². The molecular weight excluding hydrogens is 252 g/mol. The molecule has 3 aromatic rings. The van der Waals surface area contributed by atoms with Crippen LogP contribution in [0.4, 0.5) is 0 Å². The van der Waals surface area contributed by atoms with Gasteiger partial charge in [0.15, 0.2) is 11.5 Å². The molecule has 1 unspecified atom stereocenters. The Morgan fingerprint density at radius 3 is 2.90 bits per heavy atom. The predicted octanol–water partition coefficient (Wildman–Crippen LogP) is 1.68. The van der Waals surface area contributed by atoms with Gasteiger partial charge in [0.1, 0.15) is 0 Å². The van der Waals surface area contributed by atoms with Gasteiger partial charge in [-0.25, -0.2) is 0 Å². The standard InChI is InChI=1S/C14H16N6/c1-10-14(16-7-6-15-10)11(2)17-9-13-19-18-12-5-3-4-8-20(12)13/h3-8,11,17H,9H2,1-2H3. The van der Waals surface area contributed by atoms with Crippen LogP contribution in [0.5, 0.6) is 0 Å². The number of pyridine rings is 1. The smallest absolute Gasteiger partial charge is 0.160 e. The Bertz CT molecular complexity index is 720. The fraction of sp³-hybridized carbons (Fsp3) is 0.286. The number of fused-ring (bicyclic) bond motifs is 1. The maximum Gasteiger partial charge on any atom is 0.160 e. The third kappa shape index (κ3) is 2.37. The highest BCUT2D eigenvalue weighted by Crippen LogP contribution is 2.12. The van der Waals surface area contributed by atoms with Gasteiger partial charge in [-0.05, 0) is 26.0 Å². The summed E-state index contributed by atoms with van der Waals surface area (Å²) in [4.78, 5) is 8.63. The monoisotopic (exact) mass is 268 g/mol. The summed E-state index contributed by atoms with van der Waals surface area (Å²) in [5, 5.41) is 11.7. The molecule has 0 spiro atoms. The van der Waals surface area contributed by atoms with Crippen LogP contribution in [-0.2, 0) is 6.54 Å². The van der Waals surface area contributed by atoms with E-state index in [-0.39, 0.29) is 6.04 Å². The molecule has 3 aromatic heterocycles. The van der Waals surface area contributed by atoms with Gasteiger partial charge in [0.05, 0.1) is 17.9 Å². The van der Waals surface area contributed by atoms with E-state index >= 15 is 0 Å². The largest absolute Gasteiger partial charge is 0.302 e. The van der Waals surface area contributed by atoms with Crippen LogP contribution in [0, 0.1) is 6.92 Å². The minimum absolute atomic E-state index is 0.111. The molecule has 0 aromatic carbocycles. The zero-order chi connectivity index (χ0) is 13.9. The summed E-state index contributed by atoms with van der Waals surface area (Å²) < 4.78 is 1.98. The number of rotatable bonds is 4. The number of hydrogen-bond acceptors (Lipinski definition) is 5. The van der Waals surface area contributed by atoms with Gasteiger partial charge in [-0.15, -0.1) is 10.2 Å². The molecule has 20 heavy (non-hydrogen) atoms. The Hall–Kier alpha value is -2.34. The first-order chi connectivity index (χ1) is 9.75. The number of nitrogens with one attached hydrogen (secondary N) is 1. The molecule has 3 rings (SSSR count). The van der Waals surface area contributed by atoms with Crippen molar-refractivity contribution in [2.45, 2.75) is 26.4 Å². The summed E-state index contributed by atoms with van der Waals surface area (Å²) in [6.07, 6.45) is 5.38. The molecule has 6 heteroatoms. The predicted molar refractivity (Wildman–Crippen MR) is 75.0 cm³/mol. The molecule has 0 bridgehead atoms. The van der Waals surface area contributed by atoms with E-state index in [0.717, 1.165) is 22.9 Å². The number of nitrogens with zero attached hydrogens (tertiary/aromatic N) is 5. The first kappa shape index (κ1) is 12.7. The molecule has 0 radical (unpaired) electrons. The molecule has 0 aliphatic carbocycles. The molecule has 6 nitrogen and oxygen atoms in total. The van der Waals surface area contributed by atoms with E-state index in [1.54, 1.807) is 12.4 Å². The van der Waals surface area contributed by atoms with E-state index in [1.807, 2.05) is 35.7 Å². The van der Waals surface area contributed by atoms with Gasteiger partial charge in [0.25, 0.3) is 0 Å². The lowest BCUT2D eigenvalue weighted by molar-refractivity contribution is 0.540. The summed E-state index contributed by atoms with van der Waals surface area (Å²) in [5.41, 5.74) is 2.76. The quantitative estimate of drug-likeness (QED) is 0.779. The molecule has 0 aliphatic rings. The molecule has 0 aliphatic heterocycles. The fourth-order valence-corrected chi connectivity index (χ4v) is 2.20. The zero-order valence-electron chi connectivity index (χ0n) is 11.5. The van der Waals surface area contributed by atoms with Crippen LogP contribution < -0.4 is 5.32 Å². The summed E-state index contributed by atoms with van der Waals surface area (Å²) in [5.74, 6) is 0.883. The van der Waals surface area contributed by atoms with Crippen LogP contribution in [0.2, 0.25) is 0 Å². The fourth-order valence-electron chi connectivity index (χ4n) is 2.20. The highest BCUT2D eigenvalue weighted by molar-refractivity contribution is 5.36. The van der Waals surface area contributed by atoms with E-state index < -0.39 is 0 Å². The van der Waals surface area contributed by atoms with Gasteiger partial charge < -0.3 is 5.32 Å². The van der Waals surface area contributed by atoms with Gasteiger partial charge in [-0.1, -0.05) is 6.07 Å².